The lowest BCUT2D eigenvalue weighted by Gasteiger charge is -2.09. The fourth-order valence-electron chi connectivity index (χ4n) is 1.74. The first-order valence-corrected chi connectivity index (χ1v) is 7.67. The maximum absolute atomic E-state index is 13.5. The number of amides is 1. The van der Waals surface area contributed by atoms with Crippen LogP contribution < -0.4 is 5.32 Å². The maximum Gasteiger partial charge on any atom is 0.269 e. The van der Waals surface area contributed by atoms with Crippen molar-refractivity contribution in [3.05, 3.63) is 38.6 Å². The minimum Gasteiger partial charge on any atom is -0.321 e. The molecular weight excluding hydrogens is 345 g/mol. The average Bonchev–Trinajstić information content (AvgIpc) is 2.84. The van der Waals surface area contributed by atoms with Crippen LogP contribution in [0.1, 0.15) is 34.3 Å². The highest BCUT2D eigenvalue weighted by Gasteiger charge is 2.17. The molecular formula is C13H13BrFN3OS. The Morgan fingerprint density at radius 2 is 2.25 bits per heavy atom. The minimum absolute atomic E-state index is 0.298. The third-order valence-corrected chi connectivity index (χ3v) is 4.14. The molecule has 1 N–H and O–H groups in total. The summed E-state index contributed by atoms with van der Waals surface area (Å²) in [7, 11) is 0. The van der Waals surface area contributed by atoms with Crippen LogP contribution in [0, 0.1) is 12.7 Å². The first-order chi connectivity index (χ1) is 9.52. The Kier molecular flexibility index (Phi) is 4.82. The van der Waals surface area contributed by atoms with Crippen LogP contribution in [0.3, 0.4) is 0 Å². The van der Waals surface area contributed by atoms with Gasteiger partial charge in [-0.05, 0) is 58.5 Å². The molecule has 0 atom stereocenters. The van der Waals surface area contributed by atoms with Gasteiger partial charge in [0.25, 0.3) is 5.91 Å². The van der Waals surface area contributed by atoms with Gasteiger partial charge in [0.15, 0.2) is 0 Å². The van der Waals surface area contributed by atoms with E-state index in [1.54, 1.807) is 13.0 Å². The predicted octanol–water partition coefficient (Wildman–Crippen LogP) is 3.95. The Morgan fingerprint density at radius 1 is 1.50 bits per heavy atom. The SMILES string of the molecule is CCCc1nnsc1C(=O)Nc1cc(F)c(Br)cc1C. The molecule has 2 aromatic rings. The second kappa shape index (κ2) is 6.41. The highest BCUT2D eigenvalue weighted by atomic mass is 79.9. The molecule has 106 valence electrons. The number of carbonyl (C=O) groups is 1. The summed E-state index contributed by atoms with van der Waals surface area (Å²) in [6.07, 6.45) is 1.59. The summed E-state index contributed by atoms with van der Waals surface area (Å²) in [5.74, 6) is -0.713. The Balaban J connectivity index is 2.23. The summed E-state index contributed by atoms with van der Waals surface area (Å²) in [5, 5.41) is 6.66. The number of aryl methyl sites for hydroxylation is 2. The van der Waals surface area contributed by atoms with Crippen LogP contribution in [0.2, 0.25) is 0 Å². The van der Waals surface area contributed by atoms with Gasteiger partial charge in [-0.25, -0.2) is 4.39 Å². The van der Waals surface area contributed by atoms with Gasteiger partial charge < -0.3 is 5.32 Å². The van der Waals surface area contributed by atoms with Crippen LogP contribution >= 0.6 is 27.5 Å². The van der Waals surface area contributed by atoms with Gasteiger partial charge in [0.1, 0.15) is 10.7 Å². The standard InChI is InChI=1S/C13H13BrFN3OS/c1-3-4-10-12(20-18-17-10)13(19)16-11-6-9(15)8(14)5-7(11)2/h5-6H,3-4H2,1-2H3,(H,16,19). The van der Waals surface area contributed by atoms with Gasteiger partial charge in [-0.15, -0.1) is 5.10 Å². The molecule has 20 heavy (non-hydrogen) atoms. The quantitative estimate of drug-likeness (QED) is 0.900. The number of halogens is 2. The zero-order valence-corrected chi connectivity index (χ0v) is 13.4. The molecule has 1 amide bonds. The molecule has 0 radical (unpaired) electrons. The van der Waals surface area contributed by atoms with Crippen molar-refractivity contribution in [2.24, 2.45) is 0 Å². The predicted molar refractivity (Wildman–Crippen MR) is 80.7 cm³/mol. The van der Waals surface area contributed by atoms with Crippen LogP contribution in [-0.2, 0) is 6.42 Å². The molecule has 1 aromatic heterocycles. The Labute approximate surface area is 128 Å². The molecule has 0 saturated carbocycles. The van der Waals surface area contributed by atoms with Crippen molar-refractivity contribution in [2.45, 2.75) is 26.7 Å². The lowest BCUT2D eigenvalue weighted by molar-refractivity contribution is 0.102. The molecule has 4 nitrogen and oxygen atoms in total. The Hall–Kier alpha value is -1.34. The van der Waals surface area contributed by atoms with Crippen molar-refractivity contribution in [3.8, 4) is 0 Å². The number of aromatic nitrogens is 2. The topological polar surface area (TPSA) is 54.9 Å². The molecule has 0 aliphatic rings. The summed E-state index contributed by atoms with van der Waals surface area (Å²) < 4.78 is 17.7. The molecule has 0 fully saturated rings. The lowest BCUT2D eigenvalue weighted by Crippen LogP contribution is -2.13. The summed E-state index contributed by atoms with van der Waals surface area (Å²) in [5.41, 5.74) is 1.91. The van der Waals surface area contributed by atoms with Crippen LogP contribution in [0.5, 0.6) is 0 Å². The Bertz CT molecular complexity index is 645. The van der Waals surface area contributed by atoms with E-state index >= 15 is 0 Å². The molecule has 0 aliphatic heterocycles. The monoisotopic (exact) mass is 357 g/mol. The molecule has 0 aliphatic carbocycles. The molecule has 0 saturated heterocycles. The summed E-state index contributed by atoms with van der Waals surface area (Å²) in [6, 6.07) is 2.92. The van der Waals surface area contributed by atoms with Crippen molar-refractivity contribution in [1.29, 1.82) is 0 Å². The average molecular weight is 358 g/mol. The second-order valence-electron chi connectivity index (χ2n) is 4.33. The van der Waals surface area contributed by atoms with E-state index in [1.165, 1.54) is 6.07 Å². The third kappa shape index (κ3) is 3.21. The molecule has 2 rings (SSSR count). The minimum atomic E-state index is -0.415. The van der Waals surface area contributed by atoms with Gasteiger partial charge >= 0.3 is 0 Å². The maximum atomic E-state index is 13.5. The highest BCUT2D eigenvalue weighted by molar-refractivity contribution is 9.10. The first-order valence-electron chi connectivity index (χ1n) is 6.11. The fourth-order valence-corrected chi connectivity index (χ4v) is 2.80. The van der Waals surface area contributed by atoms with Crippen molar-refractivity contribution < 1.29 is 9.18 Å². The van der Waals surface area contributed by atoms with Gasteiger partial charge in [0.2, 0.25) is 0 Å². The van der Waals surface area contributed by atoms with Gasteiger partial charge in [0, 0.05) is 5.69 Å². The normalized spacial score (nSPS) is 10.6. The smallest absolute Gasteiger partial charge is 0.269 e. The summed E-state index contributed by atoms with van der Waals surface area (Å²) in [6.45, 7) is 3.81. The number of rotatable bonds is 4. The van der Waals surface area contributed by atoms with Crippen LogP contribution in [0.25, 0.3) is 0 Å². The van der Waals surface area contributed by atoms with Crippen LogP contribution in [0.15, 0.2) is 16.6 Å². The van der Waals surface area contributed by atoms with Crippen molar-refractivity contribution in [3.63, 3.8) is 0 Å². The second-order valence-corrected chi connectivity index (χ2v) is 5.94. The first kappa shape index (κ1) is 15.1. The number of hydrogen-bond acceptors (Lipinski definition) is 4. The lowest BCUT2D eigenvalue weighted by atomic mass is 10.2. The van der Waals surface area contributed by atoms with E-state index in [2.05, 4.69) is 30.8 Å². The molecule has 0 bridgehead atoms. The van der Waals surface area contributed by atoms with E-state index in [9.17, 15) is 9.18 Å². The highest BCUT2D eigenvalue weighted by Crippen LogP contribution is 2.25. The molecule has 1 aromatic carbocycles. The van der Waals surface area contributed by atoms with Crippen molar-refractivity contribution >= 4 is 39.1 Å². The van der Waals surface area contributed by atoms with E-state index in [1.807, 2.05) is 6.92 Å². The van der Waals surface area contributed by atoms with E-state index in [-0.39, 0.29) is 5.91 Å². The van der Waals surface area contributed by atoms with Gasteiger partial charge in [-0.1, -0.05) is 17.8 Å². The van der Waals surface area contributed by atoms with E-state index < -0.39 is 5.82 Å². The molecule has 0 unspecified atom stereocenters. The number of benzene rings is 1. The van der Waals surface area contributed by atoms with E-state index in [0.717, 1.165) is 23.5 Å². The third-order valence-electron chi connectivity index (χ3n) is 2.76. The van der Waals surface area contributed by atoms with E-state index in [4.69, 9.17) is 0 Å². The summed E-state index contributed by atoms with van der Waals surface area (Å²) >= 11 is 4.17. The zero-order valence-electron chi connectivity index (χ0n) is 11.0. The Morgan fingerprint density at radius 3 is 2.95 bits per heavy atom. The largest absolute Gasteiger partial charge is 0.321 e. The van der Waals surface area contributed by atoms with Gasteiger partial charge in [-0.2, -0.15) is 0 Å². The molecule has 1 heterocycles. The van der Waals surface area contributed by atoms with Crippen molar-refractivity contribution in [2.75, 3.05) is 5.32 Å². The summed E-state index contributed by atoms with van der Waals surface area (Å²) in [4.78, 5) is 12.7. The van der Waals surface area contributed by atoms with E-state index in [0.29, 0.717) is 27.2 Å². The number of hydrogen-bond donors (Lipinski definition) is 1. The number of anilines is 1. The van der Waals surface area contributed by atoms with Crippen molar-refractivity contribution in [1.82, 2.24) is 9.59 Å². The number of nitrogens with one attached hydrogen (secondary N) is 1. The van der Waals surface area contributed by atoms with Crippen LogP contribution in [0.4, 0.5) is 10.1 Å². The fraction of sp³-hybridized carbons (Fsp3) is 0.308. The zero-order chi connectivity index (χ0) is 14.7. The number of carbonyl (C=O) groups excluding carboxylic acids is 1. The number of nitrogens with zero attached hydrogens (tertiary/aromatic N) is 2. The molecule has 7 heteroatoms. The van der Waals surface area contributed by atoms with Gasteiger partial charge in [-0.3, -0.25) is 4.79 Å². The molecule has 0 spiro atoms. The van der Waals surface area contributed by atoms with Gasteiger partial charge in [0.05, 0.1) is 10.2 Å². The van der Waals surface area contributed by atoms with Crippen LogP contribution in [-0.4, -0.2) is 15.5 Å².